The molecule has 0 radical (unpaired) electrons. The molecule has 0 saturated carbocycles. The third-order valence-corrected chi connectivity index (χ3v) is 6.03. The molecule has 1 heterocycles. The van der Waals surface area contributed by atoms with Gasteiger partial charge in [-0.15, -0.1) is 0 Å². The third-order valence-electron chi connectivity index (χ3n) is 6.03. The molecule has 11 nitrogen and oxygen atoms in total. The number of hydrogen-bond acceptors (Lipinski definition) is 9. The number of hydrogen-bond donors (Lipinski definition) is 2. The SMILES string of the molecule is COc1ccc(OC)c(OC(=O)N(C)c2ccnc(Nc3cccc(C(=O)NCCCCCCN(C)C)c3)n2)c1. The van der Waals surface area contributed by atoms with Gasteiger partial charge < -0.3 is 29.7 Å². The second kappa shape index (κ2) is 15.3. The molecule has 2 amide bonds. The minimum atomic E-state index is -0.674. The van der Waals surface area contributed by atoms with Crippen LogP contribution in [0.2, 0.25) is 0 Å². The van der Waals surface area contributed by atoms with E-state index in [-0.39, 0.29) is 17.6 Å². The van der Waals surface area contributed by atoms with Gasteiger partial charge in [0.1, 0.15) is 11.6 Å². The van der Waals surface area contributed by atoms with Crippen LogP contribution >= 0.6 is 0 Å². The second-order valence-electron chi connectivity index (χ2n) is 9.36. The summed E-state index contributed by atoms with van der Waals surface area (Å²) in [7, 11) is 8.69. The maximum Gasteiger partial charge on any atom is 0.420 e. The summed E-state index contributed by atoms with van der Waals surface area (Å²) >= 11 is 0. The fourth-order valence-electron chi connectivity index (χ4n) is 3.79. The maximum atomic E-state index is 12.8. The van der Waals surface area contributed by atoms with Gasteiger partial charge in [0.15, 0.2) is 11.5 Å². The molecule has 0 aliphatic heterocycles. The monoisotopic (exact) mass is 550 g/mol. The molecule has 0 saturated heterocycles. The lowest BCUT2D eigenvalue weighted by molar-refractivity contribution is 0.0953. The van der Waals surface area contributed by atoms with Gasteiger partial charge in [0, 0.05) is 37.1 Å². The van der Waals surface area contributed by atoms with E-state index < -0.39 is 6.09 Å². The van der Waals surface area contributed by atoms with E-state index >= 15 is 0 Å². The second-order valence-corrected chi connectivity index (χ2v) is 9.36. The summed E-state index contributed by atoms with van der Waals surface area (Å²) in [6, 6.07) is 13.6. The maximum absolute atomic E-state index is 12.8. The molecule has 11 heteroatoms. The Kier molecular flexibility index (Phi) is 11.5. The first-order valence-corrected chi connectivity index (χ1v) is 13.1. The van der Waals surface area contributed by atoms with Gasteiger partial charge >= 0.3 is 6.09 Å². The number of ether oxygens (including phenoxy) is 3. The van der Waals surface area contributed by atoms with Gasteiger partial charge in [0.2, 0.25) is 5.95 Å². The molecule has 0 atom stereocenters. The van der Waals surface area contributed by atoms with Crippen LogP contribution in [0.3, 0.4) is 0 Å². The normalized spacial score (nSPS) is 10.7. The molecule has 0 fully saturated rings. The van der Waals surface area contributed by atoms with Crippen molar-refractivity contribution in [3.05, 3.63) is 60.3 Å². The van der Waals surface area contributed by atoms with Crippen LogP contribution in [0.5, 0.6) is 17.2 Å². The van der Waals surface area contributed by atoms with Crippen molar-refractivity contribution in [2.45, 2.75) is 25.7 Å². The fourth-order valence-corrected chi connectivity index (χ4v) is 3.79. The predicted octanol–water partition coefficient (Wildman–Crippen LogP) is 4.72. The molecule has 40 heavy (non-hydrogen) atoms. The molecule has 1 aromatic heterocycles. The quantitative estimate of drug-likeness (QED) is 0.275. The van der Waals surface area contributed by atoms with Crippen LogP contribution in [0.15, 0.2) is 54.7 Å². The number of amides is 2. The Bertz CT molecular complexity index is 1270. The summed E-state index contributed by atoms with van der Waals surface area (Å²) in [5.41, 5.74) is 1.17. The first-order chi connectivity index (χ1) is 19.3. The van der Waals surface area contributed by atoms with E-state index in [2.05, 4.69) is 39.6 Å². The minimum absolute atomic E-state index is 0.137. The number of benzene rings is 2. The van der Waals surface area contributed by atoms with Gasteiger partial charge in [0.25, 0.3) is 5.91 Å². The molecule has 3 rings (SSSR count). The number of nitrogens with one attached hydrogen (secondary N) is 2. The summed E-state index contributed by atoms with van der Waals surface area (Å²) in [4.78, 5) is 37.6. The number of methoxy groups -OCH3 is 2. The highest BCUT2D eigenvalue weighted by Crippen LogP contribution is 2.32. The third kappa shape index (κ3) is 9.12. The van der Waals surface area contributed by atoms with Crippen molar-refractivity contribution in [1.29, 1.82) is 0 Å². The summed E-state index contributed by atoms with van der Waals surface area (Å²) in [5, 5.41) is 6.07. The molecule has 3 aromatic rings. The standard InChI is InChI=1S/C29H38N6O5/c1-34(2)18-9-7-6-8-16-30-27(36)21-11-10-12-22(19-21)32-28-31-17-15-26(33-28)35(3)29(37)40-25-20-23(38-4)13-14-24(25)39-5/h10-15,17,19-20H,6-9,16,18H2,1-5H3,(H,30,36)(H,31,32,33). The van der Waals surface area contributed by atoms with Gasteiger partial charge in [-0.05, 0) is 69.9 Å². The van der Waals surface area contributed by atoms with Crippen LogP contribution in [0.25, 0.3) is 0 Å². The lowest BCUT2D eigenvalue weighted by Gasteiger charge is -2.18. The van der Waals surface area contributed by atoms with E-state index in [1.807, 2.05) is 6.07 Å². The van der Waals surface area contributed by atoms with E-state index in [9.17, 15) is 9.59 Å². The highest BCUT2D eigenvalue weighted by Gasteiger charge is 2.18. The molecule has 2 aromatic carbocycles. The van der Waals surface area contributed by atoms with E-state index in [0.717, 1.165) is 32.2 Å². The van der Waals surface area contributed by atoms with Crippen molar-refractivity contribution in [2.24, 2.45) is 0 Å². The number of carbonyl (C=O) groups is 2. The number of nitrogens with zero attached hydrogens (tertiary/aromatic N) is 4. The zero-order valence-corrected chi connectivity index (χ0v) is 23.8. The first kappa shape index (κ1) is 30.2. The lowest BCUT2D eigenvalue weighted by atomic mass is 10.1. The van der Waals surface area contributed by atoms with E-state index in [1.165, 1.54) is 32.4 Å². The average molecular weight is 551 g/mol. The van der Waals surface area contributed by atoms with Crippen molar-refractivity contribution in [3.63, 3.8) is 0 Å². The van der Waals surface area contributed by atoms with Crippen LogP contribution < -0.4 is 29.7 Å². The zero-order valence-electron chi connectivity index (χ0n) is 23.8. The number of carbonyl (C=O) groups excluding carboxylic acids is 2. The van der Waals surface area contributed by atoms with Gasteiger partial charge in [-0.25, -0.2) is 9.78 Å². The first-order valence-electron chi connectivity index (χ1n) is 13.1. The van der Waals surface area contributed by atoms with Crippen LogP contribution in [-0.4, -0.2) is 75.3 Å². The van der Waals surface area contributed by atoms with Gasteiger partial charge in [0.05, 0.1) is 14.2 Å². The molecule has 0 unspecified atom stereocenters. The average Bonchev–Trinajstić information content (AvgIpc) is 2.96. The summed E-state index contributed by atoms with van der Waals surface area (Å²) in [5.74, 6) is 1.55. The Hall–Kier alpha value is -4.38. The Morgan fingerprint density at radius 2 is 1.70 bits per heavy atom. The molecule has 0 bridgehead atoms. The van der Waals surface area contributed by atoms with Crippen LogP contribution in [0.1, 0.15) is 36.0 Å². The minimum Gasteiger partial charge on any atom is -0.497 e. The van der Waals surface area contributed by atoms with Gasteiger partial charge in [-0.3, -0.25) is 9.69 Å². The summed E-state index contributed by atoms with van der Waals surface area (Å²) < 4.78 is 16.0. The number of rotatable bonds is 14. The Balaban J connectivity index is 1.57. The van der Waals surface area contributed by atoms with E-state index in [0.29, 0.717) is 35.1 Å². The van der Waals surface area contributed by atoms with Crippen molar-refractivity contribution >= 4 is 29.5 Å². The van der Waals surface area contributed by atoms with Gasteiger partial charge in [-0.1, -0.05) is 18.9 Å². The van der Waals surface area contributed by atoms with E-state index in [1.54, 1.807) is 42.5 Å². The highest BCUT2D eigenvalue weighted by molar-refractivity contribution is 5.95. The van der Waals surface area contributed by atoms with Crippen molar-refractivity contribution in [3.8, 4) is 17.2 Å². The van der Waals surface area contributed by atoms with Crippen LogP contribution in [0, 0.1) is 0 Å². The molecule has 0 aliphatic carbocycles. The molecule has 0 spiro atoms. The number of anilines is 3. The van der Waals surface area contributed by atoms with Gasteiger partial charge in [-0.2, -0.15) is 4.98 Å². The largest absolute Gasteiger partial charge is 0.497 e. The molecular weight excluding hydrogens is 512 g/mol. The number of unbranched alkanes of at least 4 members (excludes halogenated alkanes) is 3. The Morgan fingerprint density at radius 1 is 0.900 bits per heavy atom. The van der Waals surface area contributed by atoms with Crippen molar-refractivity contribution < 1.29 is 23.8 Å². The van der Waals surface area contributed by atoms with E-state index in [4.69, 9.17) is 14.2 Å². The highest BCUT2D eigenvalue weighted by atomic mass is 16.6. The van der Waals surface area contributed by atoms with Crippen LogP contribution in [-0.2, 0) is 0 Å². The molecule has 214 valence electrons. The topological polar surface area (TPSA) is 118 Å². The molecule has 2 N–H and O–H groups in total. The Morgan fingerprint density at radius 3 is 2.45 bits per heavy atom. The summed E-state index contributed by atoms with van der Waals surface area (Å²) in [6.07, 6.45) is 5.18. The van der Waals surface area contributed by atoms with Crippen molar-refractivity contribution in [1.82, 2.24) is 20.2 Å². The molecule has 0 aliphatic rings. The Labute approximate surface area is 235 Å². The fraction of sp³-hybridized carbons (Fsp3) is 0.379. The molecular formula is C29H38N6O5. The lowest BCUT2D eigenvalue weighted by Crippen LogP contribution is -2.30. The van der Waals surface area contributed by atoms with Crippen LogP contribution in [0.4, 0.5) is 22.2 Å². The number of aromatic nitrogens is 2. The smallest absolute Gasteiger partial charge is 0.420 e. The van der Waals surface area contributed by atoms with Crippen molar-refractivity contribution in [2.75, 3.05) is 58.7 Å². The zero-order chi connectivity index (χ0) is 28.9. The predicted molar refractivity (Wildman–Crippen MR) is 155 cm³/mol. The summed E-state index contributed by atoms with van der Waals surface area (Å²) in [6.45, 7) is 1.71.